The molecule has 9 heteroatoms. The van der Waals surface area contributed by atoms with Crippen LogP contribution < -0.4 is 10.2 Å². The summed E-state index contributed by atoms with van der Waals surface area (Å²) in [7, 11) is 0. The summed E-state index contributed by atoms with van der Waals surface area (Å²) in [4.78, 5) is 29.7. The van der Waals surface area contributed by atoms with Gasteiger partial charge in [0.2, 0.25) is 0 Å². The fourth-order valence-electron chi connectivity index (χ4n) is 3.46. The molecular weight excluding hydrogens is 412 g/mol. The molecule has 0 bridgehead atoms. The van der Waals surface area contributed by atoms with Gasteiger partial charge in [0, 0.05) is 31.8 Å². The standard InChI is InChI=1S/C20H19ClN4O3S/c21-16-11-14(25(27)28)5-6-15(16)19(26)22-12-13-7-9-24(10-8-13)20-23-17-3-1-2-4-18(17)29-20/h1-6,11,13H,7-10,12H2,(H,22,26). The van der Waals surface area contributed by atoms with E-state index in [2.05, 4.69) is 16.3 Å². The Morgan fingerprint density at radius 3 is 2.72 bits per heavy atom. The van der Waals surface area contributed by atoms with Crippen molar-refractivity contribution in [3.05, 3.63) is 63.2 Å². The normalized spacial score (nSPS) is 14.9. The molecule has 29 heavy (non-hydrogen) atoms. The lowest BCUT2D eigenvalue weighted by molar-refractivity contribution is -0.384. The van der Waals surface area contributed by atoms with E-state index in [1.165, 1.54) is 22.9 Å². The number of rotatable bonds is 5. The van der Waals surface area contributed by atoms with Crippen molar-refractivity contribution in [1.82, 2.24) is 10.3 Å². The Labute approximate surface area is 176 Å². The van der Waals surface area contributed by atoms with Crippen LogP contribution in [0.2, 0.25) is 5.02 Å². The zero-order chi connectivity index (χ0) is 20.4. The van der Waals surface area contributed by atoms with Gasteiger partial charge in [0.25, 0.3) is 11.6 Å². The molecule has 3 aromatic rings. The second-order valence-corrected chi connectivity index (χ2v) is 8.44. The van der Waals surface area contributed by atoms with E-state index in [1.807, 2.05) is 18.2 Å². The summed E-state index contributed by atoms with van der Waals surface area (Å²) in [5, 5.41) is 14.8. The average Bonchev–Trinajstić information content (AvgIpc) is 3.16. The van der Waals surface area contributed by atoms with Crippen LogP contribution in [0.5, 0.6) is 0 Å². The van der Waals surface area contributed by atoms with Crippen LogP contribution in [0.1, 0.15) is 23.2 Å². The van der Waals surface area contributed by atoms with Crippen LogP contribution in [0.25, 0.3) is 10.2 Å². The van der Waals surface area contributed by atoms with Crippen LogP contribution in [0.15, 0.2) is 42.5 Å². The number of thiazole rings is 1. The van der Waals surface area contributed by atoms with E-state index in [-0.39, 0.29) is 22.2 Å². The van der Waals surface area contributed by atoms with Gasteiger partial charge in [0.05, 0.1) is 25.7 Å². The molecule has 1 fully saturated rings. The third kappa shape index (κ3) is 4.33. The number of fused-ring (bicyclic) bond motifs is 1. The first-order valence-corrected chi connectivity index (χ1v) is 10.5. The molecule has 2 aromatic carbocycles. The summed E-state index contributed by atoms with van der Waals surface area (Å²) < 4.78 is 1.19. The molecule has 4 rings (SSSR count). The van der Waals surface area contributed by atoms with E-state index < -0.39 is 4.92 Å². The van der Waals surface area contributed by atoms with Gasteiger partial charge >= 0.3 is 0 Å². The second-order valence-electron chi connectivity index (χ2n) is 7.03. The van der Waals surface area contributed by atoms with E-state index in [1.54, 1.807) is 11.3 Å². The van der Waals surface area contributed by atoms with E-state index in [4.69, 9.17) is 16.6 Å². The molecule has 0 spiro atoms. The molecule has 1 saturated heterocycles. The van der Waals surface area contributed by atoms with Gasteiger partial charge in [0.15, 0.2) is 5.13 Å². The number of benzene rings is 2. The van der Waals surface area contributed by atoms with Gasteiger partial charge in [-0.2, -0.15) is 0 Å². The number of nitro benzene ring substituents is 1. The number of nitrogens with zero attached hydrogens (tertiary/aromatic N) is 3. The number of carbonyl (C=O) groups is 1. The third-order valence-electron chi connectivity index (χ3n) is 5.13. The first-order chi connectivity index (χ1) is 14.0. The van der Waals surface area contributed by atoms with Gasteiger partial charge in [-0.15, -0.1) is 0 Å². The summed E-state index contributed by atoms with van der Waals surface area (Å²) in [6.45, 7) is 2.36. The van der Waals surface area contributed by atoms with Crippen molar-refractivity contribution in [1.29, 1.82) is 0 Å². The highest BCUT2D eigenvalue weighted by Gasteiger charge is 2.23. The maximum Gasteiger partial charge on any atom is 0.270 e. The Balaban J connectivity index is 1.30. The number of halogens is 1. The third-order valence-corrected chi connectivity index (χ3v) is 6.54. The van der Waals surface area contributed by atoms with Gasteiger partial charge in [-0.25, -0.2) is 4.98 Å². The lowest BCUT2D eigenvalue weighted by Gasteiger charge is -2.31. The highest BCUT2D eigenvalue weighted by molar-refractivity contribution is 7.22. The summed E-state index contributed by atoms with van der Waals surface area (Å²) in [5.74, 6) is 0.0694. The molecular formula is C20H19ClN4O3S. The lowest BCUT2D eigenvalue weighted by atomic mass is 9.97. The Kier molecular flexibility index (Phi) is 5.64. The molecule has 1 N–H and O–H groups in total. The number of anilines is 1. The number of para-hydroxylation sites is 1. The van der Waals surface area contributed by atoms with Crippen LogP contribution in [0, 0.1) is 16.0 Å². The monoisotopic (exact) mass is 430 g/mol. The van der Waals surface area contributed by atoms with Gasteiger partial charge in [0.1, 0.15) is 0 Å². The number of piperidine rings is 1. The molecule has 1 aliphatic rings. The summed E-state index contributed by atoms with van der Waals surface area (Å²) in [5.41, 5.74) is 1.15. The maximum absolute atomic E-state index is 12.4. The van der Waals surface area contributed by atoms with E-state index in [0.29, 0.717) is 12.5 Å². The van der Waals surface area contributed by atoms with Gasteiger partial charge in [-0.05, 0) is 37.0 Å². The second kappa shape index (κ2) is 8.34. The van der Waals surface area contributed by atoms with Crippen LogP contribution in [-0.2, 0) is 0 Å². The molecule has 2 heterocycles. The summed E-state index contributed by atoms with van der Waals surface area (Å²) in [6, 6.07) is 12.0. The van der Waals surface area contributed by atoms with E-state index >= 15 is 0 Å². The highest BCUT2D eigenvalue weighted by atomic mass is 35.5. The predicted molar refractivity (Wildman–Crippen MR) is 115 cm³/mol. The molecule has 0 aliphatic carbocycles. The van der Waals surface area contributed by atoms with Crippen molar-refractivity contribution >= 4 is 49.9 Å². The van der Waals surface area contributed by atoms with Crippen LogP contribution in [0.3, 0.4) is 0 Å². The van der Waals surface area contributed by atoms with Crippen LogP contribution >= 0.6 is 22.9 Å². The predicted octanol–water partition coefficient (Wildman–Crippen LogP) is 4.50. The SMILES string of the molecule is O=C(NCC1CCN(c2nc3ccccc3s2)CC1)c1ccc([N+](=O)[O-])cc1Cl. The number of amides is 1. The summed E-state index contributed by atoms with van der Waals surface area (Å²) >= 11 is 7.74. The van der Waals surface area contributed by atoms with Crippen LogP contribution in [0.4, 0.5) is 10.8 Å². The minimum absolute atomic E-state index is 0.0855. The van der Waals surface area contributed by atoms with Crippen molar-refractivity contribution in [3.63, 3.8) is 0 Å². The van der Waals surface area contributed by atoms with E-state index in [0.717, 1.165) is 36.6 Å². The number of hydrogen-bond donors (Lipinski definition) is 1. The molecule has 0 unspecified atom stereocenters. The zero-order valence-corrected chi connectivity index (χ0v) is 17.1. The topological polar surface area (TPSA) is 88.4 Å². The van der Waals surface area contributed by atoms with Crippen molar-refractivity contribution in [2.24, 2.45) is 5.92 Å². The lowest BCUT2D eigenvalue weighted by Crippen LogP contribution is -2.38. The van der Waals surface area contributed by atoms with Gasteiger partial charge in [-0.1, -0.05) is 35.1 Å². The Morgan fingerprint density at radius 2 is 2.03 bits per heavy atom. The van der Waals surface area contributed by atoms with Crippen molar-refractivity contribution in [2.75, 3.05) is 24.5 Å². The van der Waals surface area contributed by atoms with Crippen LogP contribution in [-0.4, -0.2) is 35.4 Å². The number of hydrogen-bond acceptors (Lipinski definition) is 6. The Bertz CT molecular complexity index is 1030. The zero-order valence-electron chi connectivity index (χ0n) is 15.5. The quantitative estimate of drug-likeness (QED) is 0.475. The van der Waals surface area contributed by atoms with Gasteiger partial charge < -0.3 is 10.2 Å². The molecule has 150 valence electrons. The minimum Gasteiger partial charge on any atom is -0.352 e. The highest BCUT2D eigenvalue weighted by Crippen LogP contribution is 2.31. The Morgan fingerprint density at radius 1 is 1.28 bits per heavy atom. The smallest absolute Gasteiger partial charge is 0.270 e. The molecule has 1 aromatic heterocycles. The molecule has 1 aliphatic heterocycles. The Hall–Kier alpha value is -2.71. The van der Waals surface area contributed by atoms with Gasteiger partial charge in [-0.3, -0.25) is 14.9 Å². The average molecular weight is 431 g/mol. The van der Waals surface area contributed by atoms with Crippen molar-refractivity contribution < 1.29 is 9.72 Å². The van der Waals surface area contributed by atoms with Crippen molar-refractivity contribution in [2.45, 2.75) is 12.8 Å². The molecule has 0 saturated carbocycles. The van der Waals surface area contributed by atoms with Crippen molar-refractivity contribution in [3.8, 4) is 0 Å². The number of carbonyl (C=O) groups excluding carboxylic acids is 1. The largest absolute Gasteiger partial charge is 0.352 e. The number of nitro groups is 1. The van der Waals surface area contributed by atoms with E-state index in [9.17, 15) is 14.9 Å². The molecule has 0 radical (unpaired) electrons. The number of nitrogens with one attached hydrogen (secondary N) is 1. The number of aromatic nitrogens is 1. The first kappa shape index (κ1) is 19.6. The number of non-ortho nitro benzene ring substituents is 1. The summed E-state index contributed by atoms with van der Waals surface area (Å²) in [6.07, 6.45) is 1.92. The molecule has 1 amide bonds. The minimum atomic E-state index is -0.535. The fraction of sp³-hybridized carbons (Fsp3) is 0.300. The molecule has 7 nitrogen and oxygen atoms in total. The molecule has 0 atom stereocenters. The maximum atomic E-state index is 12.4. The first-order valence-electron chi connectivity index (χ1n) is 9.34. The fourth-order valence-corrected chi connectivity index (χ4v) is 4.74.